The summed E-state index contributed by atoms with van der Waals surface area (Å²) in [4.78, 5) is 18.9. The van der Waals surface area contributed by atoms with Gasteiger partial charge in [0.2, 0.25) is 5.91 Å². The normalized spacial score (nSPS) is 14.9. The van der Waals surface area contributed by atoms with Gasteiger partial charge in [0.15, 0.2) is 5.96 Å². The third-order valence-electron chi connectivity index (χ3n) is 5.41. The van der Waals surface area contributed by atoms with Gasteiger partial charge < -0.3 is 15.5 Å². The number of nitrogens with zero attached hydrogens (tertiary/aromatic N) is 4. The van der Waals surface area contributed by atoms with E-state index in [2.05, 4.69) is 51.8 Å². The Hall–Kier alpha value is -2.10. The molecule has 0 bridgehead atoms. The van der Waals surface area contributed by atoms with Crippen LogP contribution in [0, 0.1) is 5.92 Å². The van der Waals surface area contributed by atoms with Gasteiger partial charge in [-0.25, -0.2) is 4.99 Å². The number of halogens is 1. The van der Waals surface area contributed by atoms with Gasteiger partial charge in [-0.15, -0.1) is 24.0 Å². The SMILES string of the molecule is CCNC(=NCc1ccccc1Cn1cccn1)N1CCC(CC(=O)NC)CC1.I. The number of aliphatic imine (C=N–C) groups is 1. The van der Waals surface area contributed by atoms with Gasteiger partial charge >= 0.3 is 0 Å². The molecule has 2 aromatic rings. The number of amides is 1. The van der Waals surface area contributed by atoms with E-state index in [0.717, 1.165) is 45.0 Å². The molecule has 0 spiro atoms. The molecule has 1 aliphatic heterocycles. The molecule has 2 heterocycles. The molecule has 0 unspecified atom stereocenters. The third kappa shape index (κ3) is 7.00. The van der Waals surface area contributed by atoms with E-state index < -0.39 is 0 Å². The maximum absolute atomic E-state index is 11.6. The van der Waals surface area contributed by atoms with Crippen LogP contribution in [0.15, 0.2) is 47.7 Å². The predicted molar refractivity (Wildman–Crippen MR) is 131 cm³/mol. The fraction of sp³-hybridized carbons (Fsp3) is 0.500. The van der Waals surface area contributed by atoms with Crippen LogP contribution in [-0.4, -0.2) is 53.2 Å². The second-order valence-corrected chi connectivity index (χ2v) is 7.45. The van der Waals surface area contributed by atoms with Gasteiger partial charge in [-0.1, -0.05) is 24.3 Å². The molecule has 2 N–H and O–H groups in total. The Morgan fingerprint density at radius 2 is 1.93 bits per heavy atom. The Labute approximate surface area is 196 Å². The topological polar surface area (TPSA) is 74.5 Å². The molecule has 8 heteroatoms. The molecule has 1 aromatic carbocycles. The van der Waals surface area contributed by atoms with Crippen molar-refractivity contribution in [3.05, 3.63) is 53.9 Å². The van der Waals surface area contributed by atoms with E-state index in [1.54, 1.807) is 13.2 Å². The monoisotopic (exact) mass is 524 g/mol. The van der Waals surface area contributed by atoms with Crippen LogP contribution in [0.3, 0.4) is 0 Å². The Morgan fingerprint density at radius 3 is 2.57 bits per heavy atom. The zero-order valence-electron chi connectivity index (χ0n) is 17.9. The van der Waals surface area contributed by atoms with E-state index in [4.69, 9.17) is 4.99 Å². The first kappa shape index (κ1) is 24.2. The molecular formula is C22H33IN6O. The van der Waals surface area contributed by atoms with Gasteiger partial charge in [0, 0.05) is 45.5 Å². The number of piperidine rings is 1. The van der Waals surface area contributed by atoms with Crippen LogP contribution in [0.2, 0.25) is 0 Å². The summed E-state index contributed by atoms with van der Waals surface area (Å²) in [7, 11) is 1.71. The van der Waals surface area contributed by atoms with Crippen molar-refractivity contribution < 1.29 is 4.79 Å². The highest BCUT2D eigenvalue weighted by atomic mass is 127. The van der Waals surface area contributed by atoms with Crippen molar-refractivity contribution in [2.24, 2.45) is 10.9 Å². The number of nitrogens with one attached hydrogen (secondary N) is 2. The highest BCUT2D eigenvalue weighted by Crippen LogP contribution is 2.21. The average Bonchev–Trinajstić information content (AvgIpc) is 3.26. The number of benzene rings is 1. The molecule has 3 rings (SSSR count). The van der Waals surface area contributed by atoms with Crippen LogP contribution in [0.25, 0.3) is 0 Å². The summed E-state index contributed by atoms with van der Waals surface area (Å²) < 4.78 is 1.94. The van der Waals surface area contributed by atoms with Crippen molar-refractivity contribution in [1.82, 2.24) is 25.3 Å². The molecule has 0 atom stereocenters. The molecule has 0 saturated carbocycles. The number of carbonyl (C=O) groups excluding carboxylic acids is 1. The molecule has 1 saturated heterocycles. The van der Waals surface area contributed by atoms with Gasteiger partial charge in [-0.2, -0.15) is 5.10 Å². The fourth-order valence-corrected chi connectivity index (χ4v) is 3.73. The second-order valence-electron chi connectivity index (χ2n) is 7.45. The summed E-state index contributed by atoms with van der Waals surface area (Å²) in [6.45, 7) is 6.19. The van der Waals surface area contributed by atoms with Crippen LogP contribution in [0.5, 0.6) is 0 Å². The van der Waals surface area contributed by atoms with Crippen molar-refractivity contribution in [1.29, 1.82) is 0 Å². The molecule has 0 radical (unpaired) electrons. The van der Waals surface area contributed by atoms with Crippen LogP contribution >= 0.6 is 24.0 Å². The first-order valence-corrected chi connectivity index (χ1v) is 10.5. The lowest BCUT2D eigenvalue weighted by molar-refractivity contribution is -0.121. The lowest BCUT2D eigenvalue weighted by Gasteiger charge is -2.34. The van der Waals surface area contributed by atoms with E-state index in [1.807, 2.05) is 16.9 Å². The number of rotatable bonds is 7. The number of carbonyl (C=O) groups is 1. The molecule has 1 fully saturated rings. The van der Waals surface area contributed by atoms with E-state index in [1.165, 1.54) is 11.1 Å². The Morgan fingerprint density at radius 1 is 1.20 bits per heavy atom. The van der Waals surface area contributed by atoms with Gasteiger partial charge in [-0.3, -0.25) is 9.48 Å². The summed E-state index contributed by atoms with van der Waals surface area (Å²) in [6, 6.07) is 10.4. The van der Waals surface area contributed by atoms with Gasteiger partial charge in [0.05, 0.1) is 13.1 Å². The molecular weight excluding hydrogens is 491 g/mol. The van der Waals surface area contributed by atoms with Crippen molar-refractivity contribution in [2.45, 2.75) is 39.3 Å². The quantitative estimate of drug-likeness (QED) is 0.332. The molecule has 1 aliphatic rings. The minimum absolute atomic E-state index is 0. The number of likely N-dealkylation sites (tertiary alicyclic amines) is 1. The number of hydrogen-bond donors (Lipinski definition) is 2. The maximum Gasteiger partial charge on any atom is 0.220 e. The lowest BCUT2D eigenvalue weighted by Crippen LogP contribution is -2.46. The largest absolute Gasteiger partial charge is 0.359 e. The average molecular weight is 524 g/mol. The Kier molecular flexibility index (Phi) is 10.1. The minimum atomic E-state index is 0. The van der Waals surface area contributed by atoms with Gasteiger partial charge in [0.25, 0.3) is 0 Å². The minimum Gasteiger partial charge on any atom is -0.359 e. The summed E-state index contributed by atoms with van der Waals surface area (Å²) in [6.07, 6.45) is 6.45. The summed E-state index contributed by atoms with van der Waals surface area (Å²) >= 11 is 0. The summed E-state index contributed by atoms with van der Waals surface area (Å²) in [5.41, 5.74) is 2.45. The van der Waals surface area contributed by atoms with Crippen molar-refractivity contribution >= 4 is 35.8 Å². The zero-order chi connectivity index (χ0) is 20.5. The predicted octanol–water partition coefficient (Wildman–Crippen LogP) is 2.86. The molecule has 30 heavy (non-hydrogen) atoms. The van der Waals surface area contributed by atoms with E-state index in [0.29, 0.717) is 18.9 Å². The standard InChI is InChI=1S/C22H32N6O.HI/c1-3-24-22(27-13-9-18(10-14-27)15-21(29)23-2)25-16-19-7-4-5-8-20(19)17-28-12-6-11-26-28;/h4-8,11-12,18H,3,9-10,13-17H2,1-2H3,(H,23,29)(H,24,25);1H. The molecule has 0 aliphatic carbocycles. The number of aromatic nitrogens is 2. The highest BCUT2D eigenvalue weighted by Gasteiger charge is 2.23. The van der Waals surface area contributed by atoms with Crippen LogP contribution in [-0.2, 0) is 17.9 Å². The summed E-state index contributed by atoms with van der Waals surface area (Å²) in [5, 5.41) is 10.5. The number of hydrogen-bond acceptors (Lipinski definition) is 3. The highest BCUT2D eigenvalue weighted by molar-refractivity contribution is 14.0. The van der Waals surface area contributed by atoms with E-state index in [-0.39, 0.29) is 29.9 Å². The van der Waals surface area contributed by atoms with Crippen molar-refractivity contribution in [2.75, 3.05) is 26.7 Å². The van der Waals surface area contributed by atoms with Crippen molar-refractivity contribution in [3.8, 4) is 0 Å². The van der Waals surface area contributed by atoms with Crippen LogP contribution in [0.4, 0.5) is 0 Å². The van der Waals surface area contributed by atoms with E-state index in [9.17, 15) is 4.79 Å². The molecule has 1 aromatic heterocycles. The Bertz CT molecular complexity index is 800. The fourth-order valence-electron chi connectivity index (χ4n) is 3.73. The number of guanidine groups is 1. The Balaban J connectivity index is 0.00000320. The van der Waals surface area contributed by atoms with E-state index >= 15 is 0 Å². The second kappa shape index (κ2) is 12.6. The first-order chi connectivity index (χ1) is 14.2. The molecule has 164 valence electrons. The smallest absolute Gasteiger partial charge is 0.220 e. The van der Waals surface area contributed by atoms with Crippen LogP contribution < -0.4 is 10.6 Å². The first-order valence-electron chi connectivity index (χ1n) is 10.5. The molecule has 1 amide bonds. The van der Waals surface area contributed by atoms with Crippen molar-refractivity contribution in [3.63, 3.8) is 0 Å². The van der Waals surface area contributed by atoms with Gasteiger partial charge in [-0.05, 0) is 42.9 Å². The lowest BCUT2D eigenvalue weighted by atomic mass is 9.93. The third-order valence-corrected chi connectivity index (χ3v) is 5.41. The summed E-state index contributed by atoms with van der Waals surface area (Å²) in [5.74, 6) is 1.56. The van der Waals surface area contributed by atoms with Crippen LogP contribution in [0.1, 0.15) is 37.3 Å². The van der Waals surface area contributed by atoms with Gasteiger partial charge in [0.1, 0.15) is 0 Å². The molecule has 7 nitrogen and oxygen atoms in total. The maximum atomic E-state index is 11.6. The zero-order valence-corrected chi connectivity index (χ0v) is 20.2.